The molecule has 1 aromatic heterocycles. The summed E-state index contributed by atoms with van der Waals surface area (Å²) in [7, 11) is 1.62. The lowest BCUT2D eigenvalue weighted by Crippen LogP contribution is -2.21. The van der Waals surface area contributed by atoms with Gasteiger partial charge in [0.05, 0.1) is 13.3 Å². The molecule has 156 valence electrons. The van der Waals surface area contributed by atoms with E-state index in [4.69, 9.17) is 14.3 Å². The van der Waals surface area contributed by atoms with E-state index in [0.29, 0.717) is 0 Å². The number of pyridine rings is 1. The van der Waals surface area contributed by atoms with Gasteiger partial charge in [-0.3, -0.25) is 4.79 Å². The first-order valence-corrected chi connectivity index (χ1v) is 9.98. The fraction of sp³-hybridized carbons (Fsp3) is 0.115. The second kappa shape index (κ2) is 9.67. The van der Waals surface area contributed by atoms with Crippen molar-refractivity contribution in [3.8, 4) is 11.5 Å². The zero-order chi connectivity index (χ0) is 21.5. The zero-order valence-electron chi connectivity index (χ0n) is 17.2. The van der Waals surface area contributed by atoms with E-state index in [1.54, 1.807) is 19.5 Å². The average Bonchev–Trinajstić information content (AvgIpc) is 2.84. The molecule has 0 atom stereocenters. The van der Waals surface area contributed by atoms with Crippen LogP contribution in [0.1, 0.15) is 22.8 Å². The first-order chi connectivity index (χ1) is 15.2. The van der Waals surface area contributed by atoms with Gasteiger partial charge in [0, 0.05) is 12.3 Å². The molecule has 3 aromatic carbocycles. The molecule has 0 N–H and O–H groups in total. The highest BCUT2D eigenvalue weighted by molar-refractivity contribution is 5.30. The first kappa shape index (κ1) is 20.3. The molecule has 0 saturated carbocycles. The van der Waals surface area contributed by atoms with Gasteiger partial charge < -0.3 is 14.3 Å². The molecular weight excluding hydrogens is 390 g/mol. The Morgan fingerprint density at radius 2 is 1.42 bits per heavy atom. The van der Waals surface area contributed by atoms with Crippen LogP contribution in [0, 0.1) is 0 Å². The lowest BCUT2D eigenvalue weighted by molar-refractivity contribution is 0.0576. The van der Waals surface area contributed by atoms with E-state index >= 15 is 0 Å². The molecule has 31 heavy (non-hydrogen) atoms. The summed E-state index contributed by atoms with van der Waals surface area (Å²) in [5.41, 5.74) is 2.74. The Morgan fingerprint density at radius 3 is 2.00 bits per heavy atom. The van der Waals surface area contributed by atoms with Crippen molar-refractivity contribution in [1.82, 2.24) is 4.73 Å². The van der Waals surface area contributed by atoms with E-state index in [1.807, 2.05) is 84.9 Å². The summed E-state index contributed by atoms with van der Waals surface area (Å²) >= 11 is 0. The second-order valence-corrected chi connectivity index (χ2v) is 6.98. The number of nitrogens with zero attached hydrogens (tertiary/aromatic N) is 1. The summed E-state index contributed by atoms with van der Waals surface area (Å²) in [6.07, 6.45) is 2.84. The Bertz CT molecular complexity index is 1120. The maximum Gasteiger partial charge on any atom is 0.223 e. The third-order valence-corrected chi connectivity index (χ3v) is 4.85. The predicted octanol–water partition coefficient (Wildman–Crippen LogP) is 4.65. The molecule has 5 heteroatoms. The van der Waals surface area contributed by atoms with Crippen molar-refractivity contribution in [2.75, 3.05) is 7.11 Å². The monoisotopic (exact) mass is 413 g/mol. The number of rotatable bonds is 8. The summed E-state index contributed by atoms with van der Waals surface area (Å²) < 4.78 is 12.5. The maximum atomic E-state index is 12.3. The SMILES string of the molecule is COc1ccc(COc2cn(OC(c3ccccc3)c3ccccc3)ccc2=O)cc1. The van der Waals surface area contributed by atoms with Crippen LogP contribution < -0.4 is 19.7 Å². The van der Waals surface area contributed by atoms with Crippen LogP contribution in [0.5, 0.6) is 11.5 Å². The van der Waals surface area contributed by atoms with Gasteiger partial charge in [-0.1, -0.05) is 72.8 Å². The van der Waals surface area contributed by atoms with Crippen LogP contribution in [0.15, 0.2) is 108 Å². The van der Waals surface area contributed by atoms with Crippen molar-refractivity contribution < 1.29 is 14.3 Å². The molecule has 5 nitrogen and oxygen atoms in total. The fourth-order valence-corrected chi connectivity index (χ4v) is 3.19. The minimum atomic E-state index is -0.334. The van der Waals surface area contributed by atoms with Gasteiger partial charge in [-0.2, -0.15) is 4.73 Å². The van der Waals surface area contributed by atoms with Crippen molar-refractivity contribution in [1.29, 1.82) is 0 Å². The minimum Gasteiger partial charge on any atom is -0.497 e. The van der Waals surface area contributed by atoms with E-state index < -0.39 is 0 Å². The van der Waals surface area contributed by atoms with Crippen molar-refractivity contribution >= 4 is 0 Å². The zero-order valence-corrected chi connectivity index (χ0v) is 17.2. The van der Waals surface area contributed by atoms with Gasteiger partial charge in [0.2, 0.25) is 5.43 Å². The topological polar surface area (TPSA) is 49.7 Å². The third kappa shape index (κ3) is 5.14. The highest BCUT2D eigenvalue weighted by atomic mass is 16.7. The molecule has 0 unspecified atom stereocenters. The van der Waals surface area contributed by atoms with Crippen molar-refractivity contribution in [2.45, 2.75) is 12.7 Å². The fourth-order valence-electron chi connectivity index (χ4n) is 3.19. The van der Waals surface area contributed by atoms with Crippen LogP contribution >= 0.6 is 0 Å². The maximum absolute atomic E-state index is 12.3. The van der Waals surface area contributed by atoms with Crippen LogP contribution in [0.25, 0.3) is 0 Å². The molecule has 0 radical (unpaired) electrons. The molecule has 0 fully saturated rings. The van der Waals surface area contributed by atoms with E-state index in [9.17, 15) is 4.79 Å². The summed E-state index contributed by atoms with van der Waals surface area (Å²) in [5, 5.41) is 0. The van der Waals surface area contributed by atoms with Gasteiger partial charge in [0.1, 0.15) is 12.4 Å². The smallest absolute Gasteiger partial charge is 0.223 e. The molecule has 0 aliphatic carbocycles. The van der Waals surface area contributed by atoms with Crippen LogP contribution in [0.2, 0.25) is 0 Å². The van der Waals surface area contributed by atoms with E-state index in [0.717, 1.165) is 22.4 Å². The van der Waals surface area contributed by atoms with Gasteiger partial charge in [-0.15, -0.1) is 0 Å². The molecule has 0 aliphatic rings. The molecule has 0 saturated heterocycles. The Kier molecular flexibility index (Phi) is 6.33. The Hall–Kier alpha value is -3.99. The second-order valence-electron chi connectivity index (χ2n) is 6.98. The van der Waals surface area contributed by atoms with Crippen LogP contribution in [-0.4, -0.2) is 11.8 Å². The van der Waals surface area contributed by atoms with Crippen molar-refractivity contribution in [3.63, 3.8) is 0 Å². The summed E-state index contributed by atoms with van der Waals surface area (Å²) in [6, 6.07) is 28.9. The van der Waals surface area contributed by atoms with Gasteiger partial charge >= 0.3 is 0 Å². The molecule has 0 spiro atoms. The number of aromatic nitrogens is 1. The highest BCUT2D eigenvalue weighted by Crippen LogP contribution is 2.23. The van der Waals surface area contributed by atoms with E-state index in [-0.39, 0.29) is 23.9 Å². The molecule has 4 aromatic rings. The highest BCUT2D eigenvalue weighted by Gasteiger charge is 2.16. The number of methoxy groups -OCH3 is 1. The van der Waals surface area contributed by atoms with E-state index in [1.165, 1.54) is 10.8 Å². The number of ether oxygens (including phenoxy) is 2. The Balaban J connectivity index is 1.55. The number of benzene rings is 3. The molecular formula is C26H23NO4. The molecule has 4 rings (SSSR count). The predicted molar refractivity (Wildman–Crippen MR) is 119 cm³/mol. The average molecular weight is 413 g/mol. The molecule has 0 aliphatic heterocycles. The lowest BCUT2D eigenvalue weighted by Gasteiger charge is -2.21. The largest absolute Gasteiger partial charge is 0.497 e. The Morgan fingerprint density at radius 1 is 0.806 bits per heavy atom. The summed E-state index contributed by atoms with van der Waals surface area (Å²) in [4.78, 5) is 18.6. The molecule has 0 amide bonds. The molecule has 1 heterocycles. The van der Waals surface area contributed by atoms with Gasteiger partial charge in [0.25, 0.3) is 0 Å². The summed E-state index contributed by atoms with van der Waals surface area (Å²) in [6.45, 7) is 0.268. The standard InChI is InChI=1S/C26H23NO4/c1-29-23-14-12-20(13-15-23)19-30-25-18-27(17-16-24(25)28)31-26(21-8-4-2-5-9-21)22-10-6-3-7-11-22/h2-18,26H,19H2,1H3. The van der Waals surface area contributed by atoms with Gasteiger partial charge in [0.15, 0.2) is 11.9 Å². The minimum absolute atomic E-state index is 0.204. The summed E-state index contributed by atoms with van der Waals surface area (Å²) in [5.74, 6) is 0.991. The number of hydrogen-bond donors (Lipinski definition) is 0. The first-order valence-electron chi connectivity index (χ1n) is 9.98. The quantitative estimate of drug-likeness (QED) is 0.422. The lowest BCUT2D eigenvalue weighted by atomic mass is 10.0. The van der Waals surface area contributed by atoms with Gasteiger partial charge in [-0.05, 0) is 28.8 Å². The van der Waals surface area contributed by atoms with Crippen LogP contribution in [0.3, 0.4) is 0 Å². The van der Waals surface area contributed by atoms with Crippen LogP contribution in [-0.2, 0) is 6.61 Å². The van der Waals surface area contributed by atoms with Crippen LogP contribution in [0.4, 0.5) is 0 Å². The number of hydrogen-bond acceptors (Lipinski definition) is 4. The van der Waals surface area contributed by atoms with Gasteiger partial charge in [-0.25, -0.2) is 0 Å². The van der Waals surface area contributed by atoms with Crippen molar-refractivity contribution in [2.24, 2.45) is 0 Å². The van der Waals surface area contributed by atoms with E-state index in [2.05, 4.69) is 0 Å². The Labute approximate surface area is 181 Å². The third-order valence-electron chi connectivity index (χ3n) is 4.85. The van der Waals surface area contributed by atoms with Crippen molar-refractivity contribution in [3.05, 3.63) is 130 Å². The molecule has 0 bridgehead atoms. The normalized spacial score (nSPS) is 10.6.